The van der Waals surface area contributed by atoms with Gasteiger partial charge in [0.2, 0.25) is 0 Å². The van der Waals surface area contributed by atoms with Gasteiger partial charge >= 0.3 is 0 Å². The van der Waals surface area contributed by atoms with Crippen LogP contribution in [0, 0.1) is 0 Å². The second kappa shape index (κ2) is 6.60. The molecule has 1 aliphatic rings. The highest BCUT2D eigenvalue weighted by molar-refractivity contribution is 4.88. The van der Waals surface area contributed by atoms with Gasteiger partial charge in [0.1, 0.15) is 24.4 Å². The van der Waals surface area contributed by atoms with Crippen LogP contribution in [0.5, 0.6) is 0 Å². The summed E-state index contributed by atoms with van der Waals surface area (Å²) in [6.45, 7) is 3.35. The molecule has 7 heteroatoms. The Morgan fingerprint density at radius 1 is 1.18 bits per heavy atom. The smallest absolute Gasteiger partial charge is 0.189 e. The van der Waals surface area contributed by atoms with Crippen molar-refractivity contribution in [3.63, 3.8) is 0 Å². The van der Waals surface area contributed by atoms with E-state index >= 15 is 0 Å². The molecule has 0 aromatic rings. The average molecular weight is 252 g/mol. The highest BCUT2D eigenvalue weighted by atomic mass is 16.8. The monoisotopic (exact) mass is 252 g/mol. The van der Waals surface area contributed by atoms with Crippen LogP contribution >= 0.6 is 0 Å². The standard InChI is InChI=1S/C10H20O7/c1-3-15-5(2)16-10-9(14)8(13)7(12)6(4-11)17-10/h5-14H,3-4H2,1-2H3. The van der Waals surface area contributed by atoms with Crippen LogP contribution < -0.4 is 0 Å². The molecule has 0 spiro atoms. The largest absolute Gasteiger partial charge is 0.394 e. The third-order valence-corrected chi connectivity index (χ3v) is 2.58. The first-order chi connectivity index (χ1) is 8.01. The van der Waals surface area contributed by atoms with E-state index in [1.54, 1.807) is 13.8 Å². The minimum Gasteiger partial charge on any atom is -0.394 e. The molecule has 0 radical (unpaired) electrons. The Labute approximate surface area is 99.5 Å². The lowest BCUT2D eigenvalue weighted by atomic mass is 9.99. The maximum atomic E-state index is 9.64. The molecular formula is C10H20O7. The van der Waals surface area contributed by atoms with Crippen molar-refractivity contribution in [2.45, 2.75) is 50.8 Å². The summed E-state index contributed by atoms with van der Waals surface area (Å²) in [7, 11) is 0. The van der Waals surface area contributed by atoms with Crippen LogP contribution in [0.2, 0.25) is 0 Å². The number of hydrogen-bond acceptors (Lipinski definition) is 7. The fraction of sp³-hybridized carbons (Fsp3) is 1.00. The van der Waals surface area contributed by atoms with Gasteiger partial charge in [-0.05, 0) is 13.8 Å². The second-order valence-corrected chi connectivity index (χ2v) is 3.86. The van der Waals surface area contributed by atoms with E-state index < -0.39 is 43.6 Å². The zero-order chi connectivity index (χ0) is 13.0. The van der Waals surface area contributed by atoms with Crippen LogP contribution in [0.4, 0.5) is 0 Å². The minimum atomic E-state index is -1.43. The predicted octanol–water partition coefficient (Wildman–Crippen LogP) is -1.81. The summed E-state index contributed by atoms with van der Waals surface area (Å²) in [5.74, 6) is 0. The number of rotatable bonds is 5. The summed E-state index contributed by atoms with van der Waals surface area (Å²) >= 11 is 0. The van der Waals surface area contributed by atoms with Crippen molar-refractivity contribution in [2.24, 2.45) is 0 Å². The second-order valence-electron chi connectivity index (χ2n) is 3.86. The summed E-state index contributed by atoms with van der Waals surface area (Å²) in [5.41, 5.74) is 0. The first-order valence-electron chi connectivity index (χ1n) is 5.58. The van der Waals surface area contributed by atoms with Crippen molar-refractivity contribution >= 4 is 0 Å². The van der Waals surface area contributed by atoms with Crippen LogP contribution in [0.3, 0.4) is 0 Å². The minimum absolute atomic E-state index is 0.429. The highest BCUT2D eigenvalue weighted by Gasteiger charge is 2.44. The van der Waals surface area contributed by atoms with Gasteiger partial charge in [0, 0.05) is 6.61 Å². The Balaban J connectivity index is 2.59. The van der Waals surface area contributed by atoms with E-state index in [1.165, 1.54) is 0 Å². The van der Waals surface area contributed by atoms with Gasteiger partial charge in [0.25, 0.3) is 0 Å². The molecule has 7 nitrogen and oxygen atoms in total. The molecule has 1 saturated heterocycles. The fourth-order valence-corrected chi connectivity index (χ4v) is 1.64. The zero-order valence-electron chi connectivity index (χ0n) is 9.89. The maximum absolute atomic E-state index is 9.64. The normalized spacial score (nSPS) is 40.2. The third-order valence-electron chi connectivity index (χ3n) is 2.58. The summed E-state index contributed by atoms with van der Waals surface area (Å²) in [4.78, 5) is 0. The van der Waals surface area contributed by atoms with Gasteiger partial charge in [-0.15, -0.1) is 0 Å². The molecule has 4 N–H and O–H groups in total. The lowest BCUT2D eigenvalue weighted by Crippen LogP contribution is -2.59. The molecule has 0 aromatic carbocycles. The molecule has 17 heavy (non-hydrogen) atoms. The molecule has 0 saturated carbocycles. The summed E-state index contributed by atoms with van der Waals surface area (Å²) in [6.07, 6.45) is -6.94. The lowest BCUT2D eigenvalue weighted by Gasteiger charge is -2.40. The van der Waals surface area contributed by atoms with Gasteiger partial charge in [0.15, 0.2) is 12.6 Å². The van der Waals surface area contributed by atoms with E-state index in [4.69, 9.17) is 19.3 Å². The number of aliphatic hydroxyl groups excluding tert-OH is 4. The van der Waals surface area contributed by atoms with Crippen LogP contribution in [0.1, 0.15) is 13.8 Å². The molecule has 0 amide bonds. The van der Waals surface area contributed by atoms with E-state index in [1.807, 2.05) is 0 Å². The SMILES string of the molecule is CCOC(C)OC1OC(CO)C(O)C(O)C1O. The predicted molar refractivity (Wildman–Crippen MR) is 55.9 cm³/mol. The van der Waals surface area contributed by atoms with Crippen molar-refractivity contribution in [1.82, 2.24) is 0 Å². The summed E-state index contributed by atoms with van der Waals surface area (Å²) in [5, 5.41) is 37.6. The maximum Gasteiger partial charge on any atom is 0.189 e. The van der Waals surface area contributed by atoms with Crippen LogP contribution in [-0.4, -0.2) is 70.6 Å². The Bertz CT molecular complexity index is 223. The van der Waals surface area contributed by atoms with E-state index in [2.05, 4.69) is 0 Å². The molecule has 0 aliphatic carbocycles. The molecule has 0 aromatic heterocycles. The first kappa shape index (κ1) is 14.8. The van der Waals surface area contributed by atoms with Crippen molar-refractivity contribution in [1.29, 1.82) is 0 Å². The molecular weight excluding hydrogens is 232 g/mol. The molecule has 6 atom stereocenters. The first-order valence-corrected chi connectivity index (χ1v) is 5.58. The number of hydrogen-bond donors (Lipinski definition) is 4. The van der Waals surface area contributed by atoms with Gasteiger partial charge in [0.05, 0.1) is 6.61 Å². The van der Waals surface area contributed by atoms with Crippen molar-refractivity contribution in [3.05, 3.63) is 0 Å². The van der Waals surface area contributed by atoms with Crippen molar-refractivity contribution < 1.29 is 34.6 Å². The lowest BCUT2D eigenvalue weighted by molar-refractivity contribution is -0.333. The molecule has 1 aliphatic heterocycles. The topological polar surface area (TPSA) is 109 Å². The molecule has 0 bridgehead atoms. The van der Waals surface area contributed by atoms with E-state index in [0.717, 1.165) is 0 Å². The van der Waals surface area contributed by atoms with Crippen molar-refractivity contribution in [2.75, 3.05) is 13.2 Å². The number of ether oxygens (including phenoxy) is 3. The van der Waals surface area contributed by atoms with Crippen LogP contribution in [-0.2, 0) is 14.2 Å². The zero-order valence-corrected chi connectivity index (χ0v) is 9.89. The van der Waals surface area contributed by atoms with Crippen LogP contribution in [0.15, 0.2) is 0 Å². The van der Waals surface area contributed by atoms with Gasteiger partial charge in [-0.25, -0.2) is 0 Å². The van der Waals surface area contributed by atoms with Gasteiger partial charge < -0.3 is 34.6 Å². The summed E-state index contributed by atoms with van der Waals surface area (Å²) in [6, 6.07) is 0. The van der Waals surface area contributed by atoms with E-state index in [9.17, 15) is 15.3 Å². The number of aliphatic hydroxyl groups is 4. The van der Waals surface area contributed by atoms with E-state index in [0.29, 0.717) is 6.61 Å². The molecule has 1 fully saturated rings. The van der Waals surface area contributed by atoms with Gasteiger partial charge in [-0.3, -0.25) is 0 Å². The molecule has 1 heterocycles. The molecule has 6 unspecified atom stereocenters. The summed E-state index contributed by atoms with van der Waals surface area (Å²) < 4.78 is 15.5. The average Bonchev–Trinajstić information content (AvgIpc) is 2.30. The van der Waals surface area contributed by atoms with E-state index in [-0.39, 0.29) is 0 Å². The Morgan fingerprint density at radius 3 is 2.35 bits per heavy atom. The quantitative estimate of drug-likeness (QED) is 0.427. The molecule has 102 valence electrons. The Kier molecular flexibility index (Phi) is 5.74. The molecule has 1 rings (SSSR count). The third kappa shape index (κ3) is 3.59. The van der Waals surface area contributed by atoms with Crippen LogP contribution in [0.25, 0.3) is 0 Å². The van der Waals surface area contributed by atoms with Gasteiger partial charge in [-0.2, -0.15) is 0 Å². The highest BCUT2D eigenvalue weighted by Crippen LogP contribution is 2.22. The fourth-order valence-electron chi connectivity index (χ4n) is 1.64. The Morgan fingerprint density at radius 2 is 1.82 bits per heavy atom. The Hall–Kier alpha value is -0.280. The van der Waals surface area contributed by atoms with Gasteiger partial charge in [-0.1, -0.05) is 0 Å². The van der Waals surface area contributed by atoms with Crippen molar-refractivity contribution in [3.8, 4) is 0 Å².